The zero-order valence-corrected chi connectivity index (χ0v) is 12.4. The molecule has 1 amide bonds. The normalized spacial score (nSPS) is 13.9. The van der Waals surface area contributed by atoms with E-state index in [0.29, 0.717) is 5.13 Å². The molecule has 0 bridgehead atoms. The van der Waals surface area contributed by atoms with E-state index in [9.17, 15) is 4.79 Å². The number of nitrogens with one attached hydrogen (secondary N) is 2. The highest BCUT2D eigenvalue weighted by Crippen LogP contribution is 2.26. The lowest BCUT2D eigenvalue weighted by Gasteiger charge is -2.09. The van der Waals surface area contributed by atoms with Crippen LogP contribution in [0.2, 0.25) is 0 Å². The monoisotopic (exact) mass is 287 g/mol. The Hall–Kier alpha value is -1.72. The van der Waals surface area contributed by atoms with Crippen molar-refractivity contribution in [1.82, 2.24) is 10.3 Å². The van der Waals surface area contributed by atoms with Crippen molar-refractivity contribution in [2.45, 2.75) is 26.8 Å². The fourth-order valence-corrected chi connectivity index (χ4v) is 3.30. The Morgan fingerprint density at radius 3 is 3.05 bits per heavy atom. The summed E-state index contributed by atoms with van der Waals surface area (Å²) in [6.07, 6.45) is 0.936. The molecule has 0 radical (unpaired) electrons. The summed E-state index contributed by atoms with van der Waals surface area (Å²) in [7, 11) is 0. The lowest BCUT2D eigenvalue weighted by atomic mass is 10.1. The van der Waals surface area contributed by atoms with Crippen LogP contribution in [-0.2, 0) is 13.0 Å². The number of hydrogen-bond acceptors (Lipinski definition) is 4. The molecule has 1 aromatic carbocycles. The molecule has 20 heavy (non-hydrogen) atoms. The van der Waals surface area contributed by atoms with Crippen LogP contribution in [0.15, 0.2) is 18.2 Å². The van der Waals surface area contributed by atoms with Gasteiger partial charge in [0.05, 0.1) is 5.69 Å². The summed E-state index contributed by atoms with van der Waals surface area (Å²) >= 11 is 1.56. The predicted octanol–water partition coefficient (Wildman–Crippen LogP) is 2.66. The Kier molecular flexibility index (Phi) is 3.54. The van der Waals surface area contributed by atoms with Gasteiger partial charge in [-0.3, -0.25) is 10.1 Å². The number of amides is 1. The Morgan fingerprint density at radius 1 is 1.40 bits per heavy atom. The SMILES string of the molecule is Cc1ccc(C)c(C(=O)Nc2nc3c(s2)CNCC3)c1. The first kappa shape index (κ1) is 13.3. The maximum Gasteiger partial charge on any atom is 0.257 e. The van der Waals surface area contributed by atoms with Crippen molar-refractivity contribution in [1.29, 1.82) is 0 Å². The summed E-state index contributed by atoms with van der Waals surface area (Å²) in [6.45, 7) is 5.75. The number of aromatic nitrogens is 1. The largest absolute Gasteiger partial charge is 0.311 e. The van der Waals surface area contributed by atoms with Crippen LogP contribution in [0.3, 0.4) is 0 Å². The van der Waals surface area contributed by atoms with Gasteiger partial charge in [-0.1, -0.05) is 17.7 Å². The maximum atomic E-state index is 12.3. The molecule has 0 fully saturated rings. The number of hydrogen-bond donors (Lipinski definition) is 2. The highest BCUT2D eigenvalue weighted by molar-refractivity contribution is 7.15. The summed E-state index contributed by atoms with van der Waals surface area (Å²) in [6, 6.07) is 5.90. The van der Waals surface area contributed by atoms with Crippen LogP contribution < -0.4 is 10.6 Å². The number of thiazole rings is 1. The Balaban J connectivity index is 1.82. The smallest absolute Gasteiger partial charge is 0.257 e. The van der Waals surface area contributed by atoms with Crippen LogP contribution in [0.4, 0.5) is 5.13 Å². The minimum Gasteiger partial charge on any atom is -0.311 e. The first-order valence-corrected chi connectivity index (χ1v) is 7.53. The van der Waals surface area contributed by atoms with E-state index >= 15 is 0 Å². The van der Waals surface area contributed by atoms with Gasteiger partial charge in [-0.2, -0.15) is 0 Å². The van der Waals surface area contributed by atoms with Gasteiger partial charge in [0.2, 0.25) is 0 Å². The number of anilines is 1. The van der Waals surface area contributed by atoms with E-state index in [-0.39, 0.29) is 5.91 Å². The molecule has 104 valence electrons. The minimum absolute atomic E-state index is 0.0785. The topological polar surface area (TPSA) is 54.0 Å². The molecule has 1 aromatic heterocycles. The average Bonchev–Trinajstić information content (AvgIpc) is 2.83. The summed E-state index contributed by atoms with van der Waals surface area (Å²) in [4.78, 5) is 18.1. The molecule has 0 spiro atoms. The molecule has 0 unspecified atom stereocenters. The third kappa shape index (κ3) is 2.59. The van der Waals surface area contributed by atoms with Crippen LogP contribution in [-0.4, -0.2) is 17.4 Å². The van der Waals surface area contributed by atoms with Crippen molar-refractivity contribution >= 4 is 22.4 Å². The summed E-state index contributed by atoms with van der Waals surface area (Å²) in [5.41, 5.74) is 3.90. The molecule has 2 heterocycles. The van der Waals surface area contributed by atoms with Gasteiger partial charge in [0, 0.05) is 30.0 Å². The van der Waals surface area contributed by atoms with E-state index in [4.69, 9.17) is 0 Å². The zero-order valence-electron chi connectivity index (χ0n) is 11.6. The van der Waals surface area contributed by atoms with E-state index in [1.807, 2.05) is 32.0 Å². The van der Waals surface area contributed by atoms with Crippen LogP contribution in [0.25, 0.3) is 0 Å². The fraction of sp³-hybridized carbons (Fsp3) is 0.333. The third-order valence-electron chi connectivity index (χ3n) is 3.46. The van der Waals surface area contributed by atoms with Gasteiger partial charge in [0.15, 0.2) is 5.13 Å². The second-order valence-electron chi connectivity index (χ2n) is 5.09. The standard InChI is InChI=1S/C15H17N3OS/c1-9-3-4-10(2)11(7-9)14(19)18-15-17-12-5-6-16-8-13(12)20-15/h3-4,7,16H,5-6,8H2,1-2H3,(H,17,18,19). The predicted molar refractivity (Wildman–Crippen MR) is 81.4 cm³/mol. The van der Waals surface area contributed by atoms with Crippen molar-refractivity contribution in [2.24, 2.45) is 0 Å². The summed E-state index contributed by atoms with van der Waals surface area (Å²) in [5.74, 6) is -0.0785. The number of carbonyl (C=O) groups is 1. The fourth-order valence-electron chi connectivity index (χ4n) is 2.32. The Bertz CT molecular complexity index is 640. The molecular weight excluding hydrogens is 270 g/mol. The van der Waals surface area contributed by atoms with Gasteiger partial charge in [0.1, 0.15) is 0 Å². The molecule has 0 saturated carbocycles. The molecule has 4 nitrogen and oxygen atoms in total. The van der Waals surface area contributed by atoms with E-state index in [1.54, 1.807) is 11.3 Å². The van der Waals surface area contributed by atoms with Gasteiger partial charge in [-0.25, -0.2) is 4.98 Å². The lowest BCUT2D eigenvalue weighted by Crippen LogP contribution is -2.22. The number of carbonyl (C=O) groups excluding carboxylic acids is 1. The van der Waals surface area contributed by atoms with Crippen molar-refractivity contribution in [3.05, 3.63) is 45.5 Å². The van der Waals surface area contributed by atoms with Gasteiger partial charge < -0.3 is 5.32 Å². The number of nitrogens with zero attached hydrogens (tertiary/aromatic N) is 1. The second kappa shape index (κ2) is 5.34. The van der Waals surface area contributed by atoms with Gasteiger partial charge in [-0.15, -0.1) is 11.3 Å². The molecule has 5 heteroatoms. The van der Waals surface area contributed by atoms with Crippen LogP contribution in [0, 0.1) is 13.8 Å². The molecule has 2 N–H and O–H groups in total. The number of rotatable bonds is 2. The maximum absolute atomic E-state index is 12.3. The van der Waals surface area contributed by atoms with Crippen molar-refractivity contribution in [3.8, 4) is 0 Å². The molecule has 0 aliphatic carbocycles. The van der Waals surface area contributed by atoms with Crippen molar-refractivity contribution in [3.63, 3.8) is 0 Å². The molecule has 3 rings (SSSR count). The summed E-state index contributed by atoms with van der Waals surface area (Å²) in [5, 5.41) is 6.94. The third-order valence-corrected chi connectivity index (χ3v) is 4.47. The second-order valence-corrected chi connectivity index (χ2v) is 6.17. The highest BCUT2D eigenvalue weighted by Gasteiger charge is 2.17. The number of fused-ring (bicyclic) bond motifs is 1. The van der Waals surface area contributed by atoms with Gasteiger partial charge in [0.25, 0.3) is 5.91 Å². The van der Waals surface area contributed by atoms with E-state index < -0.39 is 0 Å². The van der Waals surface area contributed by atoms with Crippen LogP contribution in [0.5, 0.6) is 0 Å². The van der Waals surface area contributed by atoms with Crippen LogP contribution >= 0.6 is 11.3 Å². The molecule has 1 aliphatic heterocycles. The summed E-state index contributed by atoms with van der Waals surface area (Å²) < 4.78 is 0. The Labute approximate surface area is 122 Å². The van der Waals surface area contributed by atoms with E-state index in [1.165, 1.54) is 4.88 Å². The lowest BCUT2D eigenvalue weighted by molar-refractivity contribution is 0.102. The average molecular weight is 287 g/mol. The van der Waals surface area contributed by atoms with Crippen molar-refractivity contribution < 1.29 is 4.79 Å². The molecular formula is C15H17N3OS. The van der Waals surface area contributed by atoms with E-state index in [2.05, 4.69) is 15.6 Å². The molecule has 0 saturated heterocycles. The first-order valence-electron chi connectivity index (χ1n) is 6.71. The number of aryl methyl sites for hydroxylation is 2. The van der Waals surface area contributed by atoms with E-state index in [0.717, 1.165) is 41.9 Å². The van der Waals surface area contributed by atoms with Gasteiger partial charge in [-0.05, 0) is 25.5 Å². The first-order chi connectivity index (χ1) is 9.63. The quantitative estimate of drug-likeness (QED) is 0.893. The number of benzene rings is 1. The van der Waals surface area contributed by atoms with Crippen molar-refractivity contribution in [2.75, 3.05) is 11.9 Å². The Morgan fingerprint density at radius 2 is 2.25 bits per heavy atom. The van der Waals surface area contributed by atoms with Crippen LogP contribution in [0.1, 0.15) is 32.1 Å². The molecule has 0 atom stereocenters. The molecule has 2 aromatic rings. The zero-order chi connectivity index (χ0) is 14.1. The molecule has 1 aliphatic rings. The minimum atomic E-state index is -0.0785. The van der Waals surface area contributed by atoms with Gasteiger partial charge >= 0.3 is 0 Å². The highest BCUT2D eigenvalue weighted by atomic mass is 32.1.